The Morgan fingerprint density at radius 3 is 2.69 bits per heavy atom. The SMILES string of the molecule is Nc1ccc2c(c1)C1(CCCCC1)CCO2. The lowest BCUT2D eigenvalue weighted by molar-refractivity contribution is 0.174. The summed E-state index contributed by atoms with van der Waals surface area (Å²) in [6, 6.07) is 6.13. The molecular formula is C14H19NO. The van der Waals surface area contributed by atoms with E-state index in [1.807, 2.05) is 12.1 Å². The van der Waals surface area contributed by atoms with Gasteiger partial charge in [0.2, 0.25) is 0 Å². The summed E-state index contributed by atoms with van der Waals surface area (Å²) in [5.41, 5.74) is 8.54. The number of nitrogens with two attached hydrogens (primary N) is 1. The molecule has 0 radical (unpaired) electrons. The van der Waals surface area contributed by atoms with Gasteiger partial charge in [0.1, 0.15) is 5.75 Å². The summed E-state index contributed by atoms with van der Waals surface area (Å²) in [5.74, 6) is 1.07. The lowest BCUT2D eigenvalue weighted by Gasteiger charge is -2.41. The molecule has 0 amide bonds. The Kier molecular flexibility index (Phi) is 2.31. The molecular weight excluding hydrogens is 198 g/mol. The molecule has 2 heteroatoms. The molecule has 2 N–H and O–H groups in total. The summed E-state index contributed by atoms with van der Waals surface area (Å²) in [4.78, 5) is 0. The molecule has 0 aromatic heterocycles. The van der Waals surface area contributed by atoms with E-state index in [0.717, 1.165) is 18.0 Å². The summed E-state index contributed by atoms with van der Waals surface area (Å²) in [6.07, 6.45) is 7.89. The van der Waals surface area contributed by atoms with Crippen molar-refractivity contribution in [3.8, 4) is 5.75 Å². The second kappa shape index (κ2) is 3.69. The van der Waals surface area contributed by atoms with Crippen molar-refractivity contribution >= 4 is 5.69 Å². The van der Waals surface area contributed by atoms with Crippen LogP contribution < -0.4 is 10.5 Å². The van der Waals surface area contributed by atoms with E-state index in [2.05, 4.69) is 6.07 Å². The van der Waals surface area contributed by atoms with Crippen LogP contribution in [0.5, 0.6) is 5.75 Å². The van der Waals surface area contributed by atoms with Crippen LogP contribution in [-0.2, 0) is 5.41 Å². The first-order chi connectivity index (χ1) is 7.80. The van der Waals surface area contributed by atoms with Gasteiger partial charge >= 0.3 is 0 Å². The Hall–Kier alpha value is -1.18. The summed E-state index contributed by atoms with van der Waals surface area (Å²) in [7, 11) is 0. The lowest BCUT2D eigenvalue weighted by atomic mass is 9.66. The van der Waals surface area contributed by atoms with E-state index in [1.54, 1.807) is 0 Å². The third kappa shape index (κ3) is 1.48. The molecule has 0 saturated heterocycles. The predicted octanol–water partition coefficient (Wildman–Crippen LogP) is 3.25. The summed E-state index contributed by atoms with van der Waals surface area (Å²) >= 11 is 0. The van der Waals surface area contributed by atoms with Crippen molar-refractivity contribution in [2.24, 2.45) is 0 Å². The largest absolute Gasteiger partial charge is 0.493 e. The molecule has 1 aromatic rings. The fraction of sp³-hybridized carbons (Fsp3) is 0.571. The fourth-order valence-corrected chi connectivity index (χ4v) is 3.33. The highest BCUT2D eigenvalue weighted by atomic mass is 16.5. The van der Waals surface area contributed by atoms with Crippen molar-refractivity contribution in [3.63, 3.8) is 0 Å². The normalized spacial score (nSPS) is 22.5. The van der Waals surface area contributed by atoms with Crippen molar-refractivity contribution < 1.29 is 4.74 Å². The van der Waals surface area contributed by atoms with Crippen LogP contribution in [0, 0.1) is 0 Å². The van der Waals surface area contributed by atoms with Crippen LogP contribution in [-0.4, -0.2) is 6.61 Å². The monoisotopic (exact) mass is 217 g/mol. The molecule has 0 unspecified atom stereocenters. The van der Waals surface area contributed by atoms with Crippen LogP contribution in [0.15, 0.2) is 18.2 Å². The molecule has 16 heavy (non-hydrogen) atoms. The smallest absolute Gasteiger partial charge is 0.123 e. The van der Waals surface area contributed by atoms with Gasteiger partial charge in [-0.2, -0.15) is 0 Å². The molecule has 1 aliphatic heterocycles. The van der Waals surface area contributed by atoms with Gasteiger partial charge in [0, 0.05) is 16.7 Å². The molecule has 1 aliphatic carbocycles. The second-order valence-electron chi connectivity index (χ2n) is 5.20. The summed E-state index contributed by atoms with van der Waals surface area (Å²) < 4.78 is 5.75. The molecule has 0 atom stereocenters. The van der Waals surface area contributed by atoms with Gasteiger partial charge in [0.25, 0.3) is 0 Å². The minimum atomic E-state index is 0.376. The summed E-state index contributed by atoms with van der Waals surface area (Å²) in [6.45, 7) is 0.872. The first kappa shape index (κ1) is 10.0. The zero-order valence-electron chi connectivity index (χ0n) is 9.67. The third-order valence-corrected chi connectivity index (χ3v) is 4.22. The van der Waals surface area contributed by atoms with E-state index in [-0.39, 0.29) is 0 Å². The predicted molar refractivity (Wildman–Crippen MR) is 65.7 cm³/mol. The van der Waals surface area contributed by atoms with E-state index in [0.29, 0.717) is 5.41 Å². The Morgan fingerprint density at radius 1 is 1.06 bits per heavy atom. The zero-order chi connectivity index (χ0) is 11.0. The van der Waals surface area contributed by atoms with Crippen molar-refractivity contribution in [3.05, 3.63) is 23.8 Å². The number of hydrogen-bond donors (Lipinski definition) is 1. The maximum absolute atomic E-state index is 5.92. The van der Waals surface area contributed by atoms with Crippen molar-refractivity contribution in [1.82, 2.24) is 0 Å². The maximum Gasteiger partial charge on any atom is 0.123 e. The minimum absolute atomic E-state index is 0.376. The van der Waals surface area contributed by atoms with Gasteiger partial charge in [0.15, 0.2) is 0 Å². The van der Waals surface area contributed by atoms with Gasteiger partial charge in [-0.15, -0.1) is 0 Å². The van der Waals surface area contributed by atoms with Crippen LogP contribution in [0.4, 0.5) is 5.69 Å². The third-order valence-electron chi connectivity index (χ3n) is 4.22. The quantitative estimate of drug-likeness (QED) is 0.677. The minimum Gasteiger partial charge on any atom is -0.493 e. The van der Waals surface area contributed by atoms with Crippen molar-refractivity contribution in [1.29, 1.82) is 0 Å². The first-order valence-corrected chi connectivity index (χ1v) is 6.33. The number of hydrogen-bond acceptors (Lipinski definition) is 2. The van der Waals surface area contributed by atoms with Crippen LogP contribution in [0.3, 0.4) is 0 Å². The molecule has 2 nitrogen and oxygen atoms in total. The number of anilines is 1. The molecule has 1 saturated carbocycles. The zero-order valence-corrected chi connectivity index (χ0v) is 9.67. The molecule has 86 valence electrons. The van der Waals surface area contributed by atoms with E-state index in [1.165, 1.54) is 44.1 Å². The average molecular weight is 217 g/mol. The molecule has 1 fully saturated rings. The van der Waals surface area contributed by atoms with E-state index >= 15 is 0 Å². The Balaban J connectivity index is 2.06. The number of rotatable bonds is 0. The Morgan fingerprint density at radius 2 is 1.88 bits per heavy atom. The van der Waals surface area contributed by atoms with Gasteiger partial charge in [0.05, 0.1) is 6.61 Å². The maximum atomic E-state index is 5.92. The molecule has 0 bridgehead atoms. The lowest BCUT2D eigenvalue weighted by Crippen LogP contribution is -2.35. The first-order valence-electron chi connectivity index (χ1n) is 6.33. The molecule has 3 rings (SSSR count). The van der Waals surface area contributed by atoms with Crippen molar-refractivity contribution in [2.45, 2.75) is 43.9 Å². The van der Waals surface area contributed by atoms with E-state index < -0.39 is 0 Å². The van der Waals surface area contributed by atoms with E-state index in [4.69, 9.17) is 10.5 Å². The van der Waals surface area contributed by atoms with Gasteiger partial charge in [-0.3, -0.25) is 0 Å². The topological polar surface area (TPSA) is 35.2 Å². The number of nitrogen functional groups attached to an aromatic ring is 1. The van der Waals surface area contributed by atoms with Gasteiger partial charge in [-0.1, -0.05) is 19.3 Å². The highest BCUT2D eigenvalue weighted by Gasteiger charge is 2.38. The highest BCUT2D eigenvalue weighted by Crippen LogP contribution is 2.48. The number of ether oxygens (including phenoxy) is 1. The average Bonchev–Trinajstić information content (AvgIpc) is 2.32. The van der Waals surface area contributed by atoms with Gasteiger partial charge < -0.3 is 10.5 Å². The van der Waals surface area contributed by atoms with Crippen molar-refractivity contribution in [2.75, 3.05) is 12.3 Å². The molecule has 2 aliphatic rings. The number of benzene rings is 1. The fourth-order valence-electron chi connectivity index (χ4n) is 3.33. The Labute approximate surface area is 96.8 Å². The molecule has 1 aromatic carbocycles. The van der Waals surface area contributed by atoms with Crippen LogP contribution >= 0.6 is 0 Å². The molecule has 1 spiro atoms. The van der Waals surface area contributed by atoms with Gasteiger partial charge in [-0.05, 0) is 37.5 Å². The Bertz CT molecular complexity index is 394. The van der Waals surface area contributed by atoms with Crippen LogP contribution in [0.25, 0.3) is 0 Å². The second-order valence-corrected chi connectivity index (χ2v) is 5.20. The standard InChI is InChI=1S/C14H19NO/c15-11-4-5-13-12(10-11)14(8-9-16-13)6-2-1-3-7-14/h4-5,10H,1-3,6-9,15H2. The van der Waals surface area contributed by atoms with E-state index in [9.17, 15) is 0 Å². The molecule has 1 heterocycles. The van der Waals surface area contributed by atoms with Gasteiger partial charge in [-0.25, -0.2) is 0 Å². The van der Waals surface area contributed by atoms with Crippen LogP contribution in [0.1, 0.15) is 44.1 Å². The van der Waals surface area contributed by atoms with Crippen LogP contribution in [0.2, 0.25) is 0 Å². The summed E-state index contributed by atoms with van der Waals surface area (Å²) in [5, 5.41) is 0. The number of fused-ring (bicyclic) bond motifs is 2. The highest BCUT2D eigenvalue weighted by molar-refractivity contribution is 5.52.